The van der Waals surface area contributed by atoms with Crippen LogP contribution >= 0.6 is 0 Å². The Kier molecular flexibility index (Phi) is 9.84. The van der Waals surface area contributed by atoms with Crippen molar-refractivity contribution in [2.75, 3.05) is 30.8 Å². The van der Waals surface area contributed by atoms with Crippen LogP contribution in [0.4, 0.5) is 10.1 Å². The first-order valence-corrected chi connectivity index (χ1v) is 14.0. The molecule has 0 spiro atoms. The molecule has 0 radical (unpaired) electrons. The fourth-order valence-corrected chi connectivity index (χ4v) is 4.92. The van der Waals surface area contributed by atoms with E-state index in [9.17, 15) is 22.4 Å². The van der Waals surface area contributed by atoms with Gasteiger partial charge in [0.05, 0.1) is 18.6 Å². The highest BCUT2D eigenvalue weighted by Gasteiger charge is 2.33. The van der Waals surface area contributed by atoms with Gasteiger partial charge in [-0.05, 0) is 30.7 Å². The van der Waals surface area contributed by atoms with Gasteiger partial charge < -0.3 is 15.0 Å². The fraction of sp³-hybridized carbons (Fsp3) is 0.286. The zero-order valence-corrected chi connectivity index (χ0v) is 22.4. The topological polar surface area (TPSA) is 96.0 Å². The molecule has 3 aromatic carbocycles. The largest absolute Gasteiger partial charge is 0.492 e. The average molecular weight is 542 g/mol. The number of ether oxygens (including phenoxy) is 1. The van der Waals surface area contributed by atoms with E-state index in [1.807, 2.05) is 30.3 Å². The minimum absolute atomic E-state index is 0.148. The van der Waals surface area contributed by atoms with Crippen molar-refractivity contribution in [3.8, 4) is 5.75 Å². The monoisotopic (exact) mass is 541 g/mol. The van der Waals surface area contributed by atoms with Gasteiger partial charge in [-0.3, -0.25) is 13.9 Å². The normalized spacial score (nSPS) is 11.9. The predicted molar refractivity (Wildman–Crippen MR) is 145 cm³/mol. The summed E-state index contributed by atoms with van der Waals surface area (Å²) in [6.45, 7) is 1.21. The Bertz CT molecular complexity index is 1350. The van der Waals surface area contributed by atoms with Crippen LogP contribution in [0.3, 0.4) is 0 Å². The zero-order chi connectivity index (χ0) is 27.7. The fourth-order valence-electron chi connectivity index (χ4n) is 4.07. The smallest absolute Gasteiger partial charge is 0.244 e. The minimum atomic E-state index is -3.95. The van der Waals surface area contributed by atoms with Crippen LogP contribution in [0.25, 0.3) is 0 Å². The van der Waals surface area contributed by atoms with Gasteiger partial charge in [0.2, 0.25) is 21.8 Å². The molecule has 0 aromatic heterocycles. The Morgan fingerprint density at radius 1 is 0.974 bits per heavy atom. The molecule has 1 unspecified atom stereocenters. The first kappa shape index (κ1) is 28.6. The van der Waals surface area contributed by atoms with Gasteiger partial charge in [0.15, 0.2) is 0 Å². The van der Waals surface area contributed by atoms with Gasteiger partial charge in [-0.15, -0.1) is 0 Å². The third-order valence-electron chi connectivity index (χ3n) is 5.93. The SMILES string of the molecule is CCOc1ccccc1N(CC(=O)N(Cc1ccccc1F)C(Cc1ccccc1)C(=O)NC)S(C)(=O)=O. The Morgan fingerprint density at radius 3 is 2.24 bits per heavy atom. The number of benzene rings is 3. The lowest BCUT2D eigenvalue weighted by molar-refractivity contribution is -0.139. The highest BCUT2D eigenvalue weighted by Crippen LogP contribution is 2.30. The van der Waals surface area contributed by atoms with E-state index in [1.165, 1.54) is 30.1 Å². The summed E-state index contributed by atoms with van der Waals surface area (Å²) in [6, 6.07) is 20.5. The highest BCUT2D eigenvalue weighted by atomic mass is 32.2. The predicted octanol–water partition coefficient (Wildman–Crippen LogP) is 3.38. The average Bonchev–Trinajstić information content (AvgIpc) is 2.90. The van der Waals surface area contributed by atoms with Crippen molar-refractivity contribution in [1.82, 2.24) is 10.2 Å². The summed E-state index contributed by atoms with van der Waals surface area (Å²) in [5.41, 5.74) is 1.17. The lowest BCUT2D eigenvalue weighted by atomic mass is 10.0. The molecule has 202 valence electrons. The molecular formula is C28H32FN3O5S. The number of anilines is 1. The molecule has 8 nitrogen and oxygen atoms in total. The summed E-state index contributed by atoms with van der Waals surface area (Å²) in [5.74, 6) is -1.38. The van der Waals surface area contributed by atoms with E-state index < -0.39 is 40.2 Å². The zero-order valence-electron chi connectivity index (χ0n) is 21.6. The molecule has 10 heteroatoms. The van der Waals surface area contributed by atoms with E-state index in [2.05, 4.69) is 5.32 Å². The van der Waals surface area contributed by atoms with Crippen LogP contribution in [0.15, 0.2) is 78.9 Å². The molecule has 0 aliphatic carbocycles. The molecule has 0 saturated carbocycles. The van der Waals surface area contributed by atoms with E-state index in [-0.39, 0.29) is 30.8 Å². The molecule has 1 N–H and O–H groups in total. The van der Waals surface area contributed by atoms with Gasteiger partial charge in [-0.25, -0.2) is 12.8 Å². The number of para-hydroxylation sites is 2. The number of nitrogens with zero attached hydrogens (tertiary/aromatic N) is 2. The number of carbonyl (C=O) groups is 2. The van der Waals surface area contributed by atoms with Crippen molar-refractivity contribution in [3.05, 3.63) is 95.8 Å². The Labute approximate surface area is 223 Å². The molecule has 0 heterocycles. The maximum Gasteiger partial charge on any atom is 0.244 e. The van der Waals surface area contributed by atoms with Crippen LogP contribution in [-0.2, 0) is 32.6 Å². The highest BCUT2D eigenvalue weighted by molar-refractivity contribution is 7.92. The summed E-state index contributed by atoms with van der Waals surface area (Å²) < 4.78 is 47.0. The molecule has 3 rings (SSSR count). The molecule has 38 heavy (non-hydrogen) atoms. The van der Waals surface area contributed by atoms with Crippen molar-refractivity contribution in [2.24, 2.45) is 0 Å². The number of nitrogens with one attached hydrogen (secondary N) is 1. The quantitative estimate of drug-likeness (QED) is 0.379. The van der Waals surface area contributed by atoms with E-state index in [0.29, 0.717) is 5.75 Å². The van der Waals surface area contributed by atoms with Crippen LogP contribution in [0, 0.1) is 5.82 Å². The molecular weight excluding hydrogens is 509 g/mol. The van der Waals surface area contributed by atoms with E-state index in [4.69, 9.17) is 4.74 Å². The number of sulfonamides is 1. The molecule has 0 aliphatic rings. The second-order valence-corrected chi connectivity index (χ2v) is 10.5. The first-order valence-electron chi connectivity index (χ1n) is 12.1. The number of rotatable bonds is 12. The summed E-state index contributed by atoms with van der Waals surface area (Å²) in [5, 5.41) is 2.58. The Morgan fingerprint density at radius 2 is 1.61 bits per heavy atom. The molecule has 1 atom stereocenters. The van der Waals surface area contributed by atoms with Gasteiger partial charge in [0.1, 0.15) is 24.2 Å². The number of carbonyl (C=O) groups excluding carboxylic acids is 2. The molecule has 0 saturated heterocycles. The number of hydrogen-bond acceptors (Lipinski definition) is 5. The minimum Gasteiger partial charge on any atom is -0.492 e. The first-order chi connectivity index (χ1) is 18.2. The Balaban J connectivity index is 2.06. The van der Waals surface area contributed by atoms with Gasteiger partial charge in [-0.1, -0.05) is 60.7 Å². The number of amides is 2. The van der Waals surface area contributed by atoms with Crippen LogP contribution < -0.4 is 14.4 Å². The van der Waals surface area contributed by atoms with Crippen molar-refractivity contribution in [2.45, 2.75) is 25.9 Å². The molecule has 3 aromatic rings. The van der Waals surface area contributed by atoms with Gasteiger partial charge in [-0.2, -0.15) is 0 Å². The Hall–Kier alpha value is -3.92. The van der Waals surface area contributed by atoms with Crippen LogP contribution in [0.2, 0.25) is 0 Å². The standard InChI is InChI=1S/C28H32FN3O5S/c1-4-37-26-17-11-10-16-24(26)32(38(3,35)36)20-27(33)31(19-22-14-8-9-15-23(22)29)25(28(34)30-2)18-21-12-6-5-7-13-21/h5-17,25H,4,18-20H2,1-3H3,(H,30,34). The van der Waals surface area contributed by atoms with E-state index in [0.717, 1.165) is 16.1 Å². The maximum atomic E-state index is 14.7. The second-order valence-electron chi connectivity index (χ2n) is 8.60. The van der Waals surface area contributed by atoms with Crippen molar-refractivity contribution in [1.29, 1.82) is 0 Å². The third-order valence-corrected chi connectivity index (χ3v) is 7.06. The van der Waals surface area contributed by atoms with Crippen molar-refractivity contribution in [3.63, 3.8) is 0 Å². The van der Waals surface area contributed by atoms with Crippen molar-refractivity contribution < 1.29 is 27.1 Å². The third kappa shape index (κ3) is 7.32. The second kappa shape index (κ2) is 13.0. The summed E-state index contributed by atoms with van der Waals surface area (Å²) in [7, 11) is -2.50. The van der Waals surface area contributed by atoms with Gasteiger partial charge >= 0.3 is 0 Å². The lowest BCUT2D eigenvalue weighted by Crippen LogP contribution is -2.53. The van der Waals surface area contributed by atoms with Crippen LogP contribution in [-0.4, -0.2) is 57.6 Å². The van der Waals surface area contributed by atoms with E-state index in [1.54, 1.807) is 37.3 Å². The maximum absolute atomic E-state index is 14.7. The number of hydrogen-bond donors (Lipinski definition) is 1. The number of halogens is 1. The molecule has 0 fully saturated rings. The molecule has 2 amide bonds. The van der Waals surface area contributed by atoms with Gasteiger partial charge in [0.25, 0.3) is 0 Å². The molecule has 0 bridgehead atoms. The van der Waals surface area contributed by atoms with Gasteiger partial charge in [0, 0.05) is 25.6 Å². The van der Waals surface area contributed by atoms with Crippen molar-refractivity contribution >= 4 is 27.5 Å². The summed E-state index contributed by atoms with van der Waals surface area (Å²) >= 11 is 0. The van der Waals surface area contributed by atoms with Crippen LogP contribution in [0.1, 0.15) is 18.1 Å². The van der Waals surface area contributed by atoms with Crippen LogP contribution in [0.5, 0.6) is 5.75 Å². The van der Waals surface area contributed by atoms with E-state index >= 15 is 0 Å². The molecule has 0 aliphatic heterocycles. The summed E-state index contributed by atoms with van der Waals surface area (Å²) in [4.78, 5) is 28.2. The summed E-state index contributed by atoms with van der Waals surface area (Å²) in [6.07, 6.45) is 1.14. The lowest BCUT2D eigenvalue weighted by Gasteiger charge is -2.33. The number of likely N-dealkylation sites (N-methyl/N-ethyl adjacent to an activating group) is 1.